The van der Waals surface area contributed by atoms with Crippen LogP contribution in [0.25, 0.3) is 0 Å². The third kappa shape index (κ3) is 2.76. The van der Waals surface area contributed by atoms with E-state index in [4.69, 9.17) is 9.84 Å². The van der Waals surface area contributed by atoms with Crippen LogP contribution in [0.2, 0.25) is 0 Å². The Morgan fingerprint density at radius 3 is 2.18 bits per heavy atom. The lowest BCUT2D eigenvalue weighted by molar-refractivity contribution is 0.373. The number of hydrogen-bond donors (Lipinski definition) is 1. The number of hydrogen-bond acceptors (Lipinski definition) is 2. The molecule has 2 heteroatoms. The summed E-state index contributed by atoms with van der Waals surface area (Å²) in [6.07, 6.45) is 0. The fourth-order valence-electron chi connectivity index (χ4n) is 0.630. The van der Waals surface area contributed by atoms with Crippen molar-refractivity contribution in [3.63, 3.8) is 0 Å². The third-order valence-electron chi connectivity index (χ3n) is 1.09. The number of benzene rings is 1. The van der Waals surface area contributed by atoms with E-state index in [1.807, 2.05) is 0 Å². The van der Waals surface area contributed by atoms with Gasteiger partial charge >= 0.3 is 0 Å². The van der Waals surface area contributed by atoms with Crippen LogP contribution in [0.15, 0.2) is 37.4 Å². The van der Waals surface area contributed by atoms with Crippen molar-refractivity contribution >= 4 is 0 Å². The molecular weight excluding hydrogens is 140 g/mol. The van der Waals surface area contributed by atoms with Crippen LogP contribution >= 0.6 is 0 Å². The van der Waals surface area contributed by atoms with Crippen molar-refractivity contribution in [2.24, 2.45) is 0 Å². The molecule has 0 amide bonds. The van der Waals surface area contributed by atoms with Gasteiger partial charge in [0.25, 0.3) is 0 Å². The topological polar surface area (TPSA) is 29.5 Å². The molecule has 0 aromatic heterocycles. The van der Waals surface area contributed by atoms with E-state index in [0.29, 0.717) is 5.75 Å². The zero-order chi connectivity index (χ0) is 8.69. The van der Waals surface area contributed by atoms with E-state index < -0.39 is 0 Å². The van der Waals surface area contributed by atoms with Crippen molar-refractivity contribution in [1.82, 2.24) is 0 Å². The molecule has 1 rings (SSSR count). The summed E-state index contributed by atoms with van der Waals surface area (Å²) in [5, 5.41) is 8.99. The van der Waals surface area contributed by atoms with E-state index in [1.165, 1.54) is 7.11 Å². The van der Waals surface area contributed by atoms with Gasteiger partial charge in [-0.2, -0.15) is 0 Å². The lowest BCUT2D eigenvalue weighted by Crippen LogP contribution is -1.80. The number of ether oxygens (including phenoxy) is 1. The van der Waals surface area contributed by atoms with Crippen LogP contribution in [0, 0.1) is 0 Å². The highest BCUT2D eigenvalue weighted by Gasteiger charge is 1.94. The van der Waals surface area contributed by atoms with Crippen LogP contribution in [-0.2, 0) is 0 Å². The summed E-state index contributed by atoms with van der Waals surface area (Å²) >= 11 is 0. The number of para-hydroxylation sites is 2. The zero-order valence-electron chi connectivity index (χ0n) is 6.58. The van der Waals surface area contributed by atoms with Crippen molar-refractivity contribution in [3.05, 3.63) is 37.4 Å². The average molecular weight is 152 g/mol. The minimum atomic E-state index is 0.181. The minimum Gasteiger partial charge on any atom is -0.504 e. The number of methoxy groups -OCH3 is 1. The maximum atomic E-state index is 8.99. The first kappa shape index (κ1) is 9.56. The molecule has 11 heavy (non-hydrogen) atoms. The Bertz CT molecular complexity index is 208. The maximum absolute atomic E-state index is 8.99. The molecule has 0 radical (unpaired) electrons. The number of aromatic hydroxyl groups is 1. The van der Waals surface area contributed by atoms with Crippen molar-refractivity contribution < 1.29 is 9.84 Å². The molecule has 1 aromatic rings. The normalized spacial score (nSPS) is 7.73. The van der Waals surface area contributed by atoms with E-state index >= 15 is 0 Å². The van der Waals surface area contributed by atoms with Gasteiger partial charge in [0.2, 0.25) is 0 Å². The molecule has 0 saturated carbocycles. The van der Waals surface area contributed by atoms with Gasteiger partial charge in [-0.1, -0.05) is 12.1 Å². The first-order valence-electron chi connectivity index (χ1n) is 3.16. The summed E-state index contributed by atoms with van der Waals surface area (Å²) < 4.78 is 4.79. The van der Waals surface area contributed by atoms with E-state index in [-0.39, 0.29) is 5.75 Å². The first-order chi connectivity index (χ1) is 5.34. The van der Waals surface area contributed by atoms with E-state index in [0.717, 1.165) is 0 Å². The van der Waals surface area contributed by atoms with Gasteiger partial charge in [0.1, 0.15) is 0 Å². The fourth-order valence-corrected chi connectivity index (χ4v) is 0.630. The average Bonchev–Trinajstić information content (AvgIpc) is 2.09. The molecule has 0 unspecified atom stereocenters. The minimum absolute atomic E-state index is 0.181. The molecule has 0 fully saturated rings. The largest absolute Gasteiger partial charge is 0.504 e. The Labute approximate surface area is 66.8 Å². The van der Waals surface area contributed by atoms with Crippen LogP contribution in [0.1, 0.15) is 0 Å². The monoisotopic (exact) mass is 152 g/mol. The van der Waals surface area contributed by atoms with Gasteiger partial charge in [0, 0.05) is 0 Å². The molecule has 0 aliphatic heterocycles. The Balaban J connectivity index is 0.000000461. The highest BCUT2D eigenvalue weighted by atomic mass is 16.5. The number of rotatable bonds is 1. The molecule has 0 aliphatic rings. The van der Waals surface area contributed by atoms with Gasteiger partial charge < -0.3 is 9.84 Å². The fraction of sp³-hybridized carbons (Fsp3) is 0.111. The Kier molecular flexibility index (Phi) is 4.65. The summed E-state index contributed by atoms with van der Waals surface area (Å²) in [5.41, 5.74) is 0. The third-order valence-corrected chi connectivity index (χ3v) is 1.09. The predicted molar refractivity (Wildman–Crippen MR) is 45.9 cm³/mol. The van der Waals surface area contributed by atoms with Gasteiger partial charge in [0.15, 0.2) is 11.5 Å². The van der Waals surface area contributed by atoms with Crippen molar-refractivity contribution in [2.75, 3.05) is 7.11 Å². The van der Waals surface area contributed by atoms with Crippen LogP contribution in [0.5, 0.6) is 11.5 Å². The molecule has 1 N–H and O–H groups in total. The lowest BCUT2D eigenvalue weighted by atomic mass is 10.3. The second-order valence-corrected chi connectivity index (χ2v) is 1.67. The maximum Gasteiger partial charge on any atom is 0.160 e. The molecule has 2 nitrogen and oxygen atoms in total. The van der Waals surface area contributed by atoms with E-state index in [9.17, 15) is 0 Å². The van der Waals surface area contributed by atoms with Gasteiger partial charge in [-0.15, -0.1) is 13.2 Å². The van der Waals surface area contributed by atoms with Gasteiger partial charge in [-0.05, 0) is 12.1 Å². The Morgan fingerprint density at radius 2 is 1.82 bits per heavy atom. The molecule has 0 bridgehead atoms. The highest BCUT2D eigenvalue weighted by molar-refractivity contribution is 5.37. The SMILES string of the molecule is C=C.COc1ccccc1O. The van der Waals surface area contributed by atoms with Crippen LogP contribution in [0.4, 0.5) is 0 Å². The summed E-state index contributed by atoms with van der Waals surface area (Å²) in [6, 6.07) is 6.84. The molecule has 0 heterocycles. The quantitative estimate of drug-likeness (QED) is 0.625. The molecule has 0 atom stereocenters. The molecule has 0 spiro atoms. The lowest BCUT2D eigenvalue weighted by Gasteiger charge is -1.99. The molecule has 60 valence electrons. The van der Waals surface area contributed by atoms with Gasteiger partial charge in [-0.3, -0.25) is 0 Å². The number of phenolic OH excluding ortho intramolecular Hbond substituents is 1. The zero-order valence-corrected chi connectivity index (χ0v) is 6.58. The summed E-state index contributed by atoms with van der Waals surface area (Å²) in [7, 11) is 1.52. The van der Waals surface area contributed by atoms with Crippen LogP contribution < -0.4 is 4.74 Å². The summed E-state index contributed by atoms with van der Waals surface area (Å²) in [5.74, 6) is 0.692. The summed E-state index contributed by atoms with van der Waals surface area (Å²) in [6.45, 7) is 6.00. The van der Waals surface area contributed by atoms with Gasteiger partial charge in [0.05, 0.1) is 7.11 Å². The van der Waals surface area contributed by atoms with Crippen molar-refractivity contribution in [3.8, 4) is 11.5 Å². The smallest absolute Gasteiger partial charge is 0.160 e. The highest BCUT2D eigenvalue weighted by Crippen LogP contribution is 2.22. The van der Waals surface area contributed by atoms with E-state index in [2.05, 4.69) is 13.2 Å². The predicted octanol–water partition coefficient (Wildman–Crippen LogP) is 2.20. The molecule has 0 aliphatic carbocycles. The standard InChI is InChI=1S/C7H8O2.C2H4/c1-9-7-5-3-2-4-6(7)8;1-2/h2-5,8H,1H3;1-2H2. The Hall–Kier alpha value is -1.44. The first-order valence-corrected chi connectivity index (χ1v) is 3.16. The Morgan fingerprint density at radius 1 is 1.27 bits per heavy atom. The molecular formula is C9H12O2. The van der Waals surface area contributed by atoms with Crippen molar-refractivity contribution in [1.29, 1.82) is 0 Å². The second-order valence-electron chi connectivity index (χ2n) is 1.67. The summed E-state index contributed by atoms with van der Waals surface area (Å²) in [4.78, 5) is 0. The molecule has 0 saturated heterocycles. The molecule has 1 aromatic carbocycles. The van der Waals surface area contributed by atoms with Gasteiger partial charge in [-0.25, -0.2) is 0 Å². The van der Waals surface area contributed by atoms with E-state index in [1.54, 1.807) is 24.3 Å². The van der Waals surface area contributed by atoms with Crippen LogP contribution in [-0.4, -0.2) is 12.2 Å². The number of phenols is 1. The van der Waals surface area contributed by atoms with Crippen molar-refractivity contribution in [2.45, 2.75) is 0 Å². The second kappa shape index (κ2) is 5.35. The van der Waals surface area contributed by atoms with Crippen LogP contribution in [0.3, 0.4) is 0 Å².